The standard InChI is InChI=1S/C18H10Cl2N2O6/c19-14-6-7-15(23)18(20)17(14)13-9-11(22(26)27)3-8-16(13)28-12-4-1-10(2-5-12)21(24)25/h1-9,23H. The van der Waals surface area contributed by atoms with Crippen LogP contribution in [0.5, 0.6) is 17.2 Å². The predicted octanol–water partition coefficient (Wildman–Crippen LogP) is 5.97. The minimum atomic E-state index is -0.593. The van der Waals surface area contributed by atoms with Crippen LogP contribution < -0.4 is 4.74 Å². The van der Waals surface area contributed by atoms with Crippen molar-refractivity contribution < 1.29 is 19.7 Å². The zero-order valence-corrected chi connectivity index (χ0v) is 15.3. The molecule has 0 bridgehead atoms. The van der Waals surface area contributed by atoms with E-state index in [1.54, 1.807) is 0 Å². The summed E-state index contributed by atoms with van der Waals surface area (Å²) in [6.07, 6.45) is 0. The zero-order valence-electron chi connectivity index (χ0n) is 13.8. The van der Waals surface area contributed by atoms with Gasteiger partial charge in [-0.3, -0.25) is 20.2 Å². The SMILES string of the molecule is O=[N+]([O-])c1ccc(Oc2ccc([N+](=O)[O-])cc2-c2c(Cl)ccc(O)c2Cl)cc1. The predicted molar refractivity (Wildman–Crippen MR) is 103 cm³/mol. The molecule has 0 radical (unpaired) electrons. The van der Waals surface area contributed by atoms with Crippen LogP contribution in [0, 0.1) is 20.2 Å². The van der Waals surface area contributed by atoms with Crippen molar-refractivity contribution in [2.24, 2.45) is 0 Å². The van der Waals surface area contributed by atoms with E-state index in [4.69, 9.17) is 27.9 Å². The Kier molecular flexibility index (Phi) is 5.34. The minimum absolute atomic E-state index is 0.0958. The highest BCUT2D eigenvalue weighted by molar-refractivity contribution is 6.40. The summed E-state index contributed by atoms with van der Waals surface area (Å²) < 4.78 is 5.74. The molecule has 142 valence electrons. The van der Waals surface area contributed by atoms with Crippen LogP contribution in [0.1, 0.15) is 0 Å². The molecule has 28 heavy (non-hydrogen) atoms. The maximum atomic E-state index is 11.2. The van der Waals surface area contributed by atoms with Gasteiger partial charge >= 0.3 is 0 Å². The summed E-state index contributed by atoms with van der Waals surface area (Å²) in [7, 11) is 0. The molecule has 3 aromatic carbocycles. The highest BCUT2D eigenvalue weighted by Gasteiger charge is 2.20. The van der Waals surface area contributed by atoms with Crippen molar-refractivity contribution in [1.82, 2.24) is 0 Å². The van der Waals surface area contributed by atoms with Gasteiger partial charge in [-0.25, -0.2) is 0 Å². The fourth-order valence-electron chi connectivity index (χ4n) is 2.47. The number of hydrogen-bond acceptors (Lipinski definition) is 6. The fourth-order valence-corrected chi connectivity index (χ4v) is 3.04. The van der Waals surface area contributed by atoms with E-state index in [1.165, 1.54) is 54.6 Å². The van der Waals surface area contributed by atoms with Crippen LogP contribution in [-0.4, -0.2) is 15.0 Å². The molecular weight excluding hydrogens is 411 g/mol. The lowest BCUT2D eigenvalue weighted by atomic mass is 10.0. The van der Waals surface area contributed by atoms with Crippen molar-refractivity contribution in [3.8, 4) is 28.4 Å². The lowest BCUT2D eigenvalue weighted by Gasteiger charge is -2.14. The molecule has 3 aromatic rings. The van der Waals surface area contributed by atoms with Gasteiger partial charge in [0.15, 0.2) is 0 Å². The largest absolute Gasteiger partial charge is 0.506 e. The van der Waals surface area contributed by atoms with Gasteiger partial charge in [0.25, 0.3) is 11.4 Å². The second-order valence-corrected chi connectivity index (χ2v) is 6.33. The molecule has 10 heteroatoms. The van der Waals surface area contributed by atoms with Crippen molar-refractivity contribution in [3.05, 3.63) is 84.9 Å². The van der Waals surface area contributed by atoms with E-state index in [0.29, 0.717) is 0 Å². The molecule has 0 saturated heterocycles. The molecule has 3 rings (SSSR count). The monoisotopic (exact) mass is 420 g/mol. The van der Waals surface area contributed by atoms with Crippen LogP contribution >= 0.6 is 23.2 Å². The summed E-state index contributed by atoms with van der Waals surface area (Å²) in [5.41, 5.74) is -0.0146. The summed E-state index contributed by atoms with van der Waals surface area (Å²) in [5.74, 6) is 0.163. The summed E-state index contributed by atoms with van der Waals surface area (Å²) in [6, 6.07) is 11.8. The van der Waals surface area contributed by atoms with Gasteiger partial charge in [-0.1, -0.05) is 23.2 Å². The third kappa shape index (κ3) is 3.83. The molecule has 1 N–H and O–H groups in total. The maximum absolute atomic E-state index is 11.2. The highest BCUT2D eigenvalue weighted by Crippen LogP contribution is 2.45. The number of ether oxygens (including phenoxy) is 1. The lowest BCUT2D eigenvalue weighted by molar-refractivity contribution is -0.385. The first-order valence-electron chi connectivity index (χ1n) is 7.66. The molecule has 0 atom stereocenters. The van der Waals surface area contributed by atoms with Crippen molar-refractivity contribution in [2.75, 3.05) is 0 Å². The molecule has 0 fully saturated rings. The summed E-state index contributed by atoms with van der Waals surface area (Å²) in [5, 5.41) is 31.9. The molecule has 0 unspecified atom stereocenters. The number of halogens is 2. The summed E-state index contributed by atoms with van der Waals surface area (Å²) >= 11 is 12.4. The third-order valence-electron chi connectivity index (χ3n) is 3.79. The average Bonchev–Trinajstić information content (AvgIpc) is 2.66. The minimum Gasteiger partial charge on any atom is -0.506 e. The highest BCUT2D eigenvalue weighted by atomic mass is 35.5. The van der Waals surface area contributed by atoms with Crippen molar-refractivity contribution >= 4 is 34.6 Å². The average molecular weight is 421 g/mol. The molecule has 0 aliphatic rings. The summed E-state index contributed by atoms with van der Waals surface area (Å²) in [6.45, 7) is 0. The number of rotatable bonds is 5. The van der Waals surface area contributed by atoms with Crippen molar-refractivity contribution in [1.29, 1.82) is 0 Å². The fraction of sp³-hybridized carbons (Fsp3) is 0. The number of nitrogens with zero attached hydrogens (tertiary/aromatic N) is 2. The van der Waals surface area contributed by atoms with Crippen LogP contribution in [0.25, 0.3) is 11.1 Å². The number of nitro benzene ring substituents is 2. The first-order chi connectivity index (χ1) is 13.3. The zero-order chi connectivity index (χ0) is 20.4. The number of hydrogen-bond donors (Lipinski definition) is 1. The Bertz CT molecular complexity index is 1090. The Morgan fingerprint density at radius 3 is 2.07 bits per heavy atom. The number of aromatic hydroxyl groups is 1. The van der Waals surface area contributed by atoms with Crippen LogP contribution in [0.4, 0.5) is 11.4 Å². The van der Waals surface area contributed by atoms with E-state index in [2.05, 4.69) is 0 Å². The van der Waals surface area contributed by atoms with Gasteiger partial charge in [-0.05, 0) is 30.3 Å². The summed E-state index contributed by atoms with van der Waals surface area (Å²) in [4.78, 5) is 20.8. The first-order valence-corrected chi connectivity index (χ1v) is 8.41. The number of phenolic OH excluding ortho intramolecular Hbond substituents is 1. The molecule has 0 aliphatic carbocycles. The lowest BCUT2D eigenvalue weighted by Crippen LogP contribution is -1.94. The third-order valence-corrected chi connectivity index (χ3v) is 4.49. The number of phenols is 1. The smallest absolute Gasteiger partial charge is 0.270 e. The first kappa shape index (κ1) is 19.4. The Balaban J connectivity index is 2.13. The second-order valence-electron chi connectivity index (χ2n) is 5.55. The Morgan fingerprint density at radius 2 is 1.46 bits per heavy atom. The van der Waals surface area contributed by atoms with E-state index in [9.17, 15) is 25.3 Å². The Morgan fingerprint density at radius 1 is 0.857 bits per heavy atom. The van der Waals surface area contributed by atoms with Gasteiger partial charge in [0.05, 0.1) is 19.9 Å². The molecule has 0 heterocycles. The van der Waals surface area contributed by atoms with E-state index in [0.717, 1.165) is 0 Å². The van der Waals surface area contributed by atoms with Gasteiger partial charge in [0, 0.05) is 35.4 Å². The molecule has 0 spiro atoms. The molecule has 8 nitrogen and oxygen atoms in total. The second kappa shape index (κ2) is 7.71. The normalized spacial score (nSPS) is 10.5. The Hall–Kier alpha value is -3.36. The molecule has 0 aliphatic heterocycles. The van der Waals surface area contributed by atoms with Crippen LogP contribution in [0.15, 0.2) is 54.6 Å². The van der Waals surface area contributed by atoms with Gasteiger partial charge in [0.1, 0.15) is 17.2 Å². The van der Waals surface area contributed by atoms with Gasteiger partial charge in [-0.2, -0.15) is 0 Å². The van der Waals surface area contributed by atoms with Gasteiger partial charge < -0.3 is 9.84 Å². The number of non-ortho nitro benzene ring substituents is 2. The molecule has 0 amide bonds. The van der Waals surface area contributed by atoms with E-state index >= 15 is 0 Å². The number of benzene rings is 3. The van der Waals surface area contributed by atoms with Crippen LogP contribution in [0.2, 0.25) is 10.0 Å². The van der Waals surface area contributed by atoms with Gasteiger partial charge in [-0.15, -0.1) is 0 Å². The van der Waals surface area contributed by atoms with E-state index < -0.39 is 9.85 Å². The molecule has 0 aromatic heterocycles. The van der Waals surface area contributed by atoms with Crippen LogP contribution in [0.3, 0.4) is 0 Å². The quantitative estimate of drug-likeness (QED) is 0.401. The van der Waals surface area contributed by atoms with E-state index in [-0.39, 0.29) is 49.8 Å². The maximum Gasteiger partial charge on any atom is 0.270 e. The molecular formula is C18H10Cl2N2O6. The van der Waals surface area contributed by atoms with Crippen molar-refractivity contribution in [2.45, 2.75) is 0 Å². The number of nitro groups is 2. The van der Waals surface area contributed by atoms with Gasteiger partial charge in [0.2, 0.25) is 0 Å². The van der Waals surface area contributed by atoms with E-state index in [1.807, 2.05) is 0 Å². The Labute approximate surface area is 167 Å². The van der Waals surface area contributed by atoms with Crippen LogP contribution in [-0.2, 0) is 0 Å². The van der Waals surface area contributed by atoms with Crippen molar-refractivity contribution in [3.63, 3.8) is 0 Å². The molecule has 0 saturated carbocycles. The topological polar surface area (TPSA) is 116 Å².